The van der Waals surface area contributed by atoms with E-state index in [1.165, 1.54) is 4.57 Å². The number of fused-ring (bicyclic) bond motifs is 1. The Kier molecular flexibility index (Phi) is 3.88. The summed E-state index contributed by atoms with van der Waals surface area (Å²) in [6.45, 7) is 6.41. The van der Waals surface area contributed by atoms with Crippen molar-refractivity contribution in [2.24, 2.45) is 0 Å². The molecule has 0 saturated carbocycles. The van der Waals surface area contributed by atoms with E-state index in [9.17, 15) is 4.79 Å². The number of aromatic amines is 1. The third-order valence-corrected chi connectivity index (χ3v) is 5.04. The fourth-order valence-electron chi connectivity index (χ4n) is 2.47. The molecule has 3 rings (SSSR count). The van der Waals surface area contributed by atoms with Gasteiger partial charge in [-0.15, -0.1) is 11.3 Å². The molecule has 3 aromatic rings. The zero-order valence-corrected chi connectivity index (χ0v) is 14.2. The highest BCUT2D eigenvalue weighted by atomic mass is 32.1. The number of benzene rings is 1. The number of H-pyrrole nitrogens is 1. The minimum atomic E-state index is -0.104. The van der Waals surface area contributed by atoms with Crippen LogP contribution in [0.25, 0.3) is 15.9 Å². The summed E-state index contributed by atoms with van der Waals surface area (Å²) in [7, 11) is 0. The summed E-state index contributed by atoms with van der Waals surface area (Å²) in [6.07, 6.45) is 0. The Morgan fingerprint density at radius 3 is 2.77 bits per heavy atom. The minimum Gasteiger partial charge on any atom is -0.492 e. The van der Waals surface area contributed by atoms with E-state index in [0.717, 1.165) is 15.3 Å². The van der Waals surface area contributed by atoms with Crippen LogP contribution < -0.4 is 10.3 Å². The van der Waals surface area contributed by atoms with E-state index in [1.54, 1.807) is 11.3 Å². The van der Waals surface area contributed by atoms with Gasteiger partial charge in [0.1, 0.15) is 10.6 Å². The molecule has 6 heteroatoms. The molecule has 0 aliphatic carbocycles. The van der Waals surface area contributed by atoms with Crippen LogP contribution in [0.15, 0.2) is 29.1 Å². The molecule has 0 aliphatic heterocycles. The molecule has 1 aromatic carbocycles. The maximum absolute atomic E-state index is 13.0. The van der Waals surface area contributed by atoms with Crippen molar-refractivity contribution < 1.29 is 4.74 Å². The van der Waals surface area contributed by atoms with Crippen LogP contribution in [-0.4, -0.2) is 16.2 Å². The van der Waals surface area contributed by atoms with Gasteiger partial charge in [-0.25, -0.2) is 4.57 Å². The molecule has 0 bridgehead atoms. The molecule has 0 atom stereocenters. The highest BCUT2D eigenvalue weighted by Crippen LogP contribution is 2.28. The van der Waals surface area contributed by atoms with Gasteiger partial charge in [0.15, 0.2) is 4.77 Å². The van der Waals surface area contributed by atoms with Crippen molar-refractivity contribution in [3.63, 3.8) is 0 Å². The van der Waals surface area contributed by atoms with Crippen LogP contribution in [0, 0.1) is 18.6 Å². The SMILES string of the molecule is CCOc1ccccc1-n1c(=S)[nH]c2sc(C)c(C)c2c1=O. The topological polar surface area (TPSA) is 47.0 Å². The Bertz CT molecular complexity index is 966. The summed E-state index contributed by atoms with van der Waals surface area (Å²) in [6, 6.07) is 7.44. The Morgan fingerprint density at radius 2 is 2.05 bits per heavy atom. The third kappa shape index (κ3) is 2.28. The Hall–Kier alpha value is -1.92. The van der Waals surface area contributed by atoms with E-state index >= 15 is 0 Å². The number of para-hydroxylation sites is 2. The van der Waals surface area contributed by atoms with Crippen LogP contribution in [0.5, 0.6) is 5.75 Å². The largest absolute Gasteiger partial charge is 0.492 e. The zero-order valence-electron chi connectivity index (χ0n) is 12.6. The number of nitrogens with zero attached hydrogens (tertiary/aromatic N) is 1. The highest BCUT2D eigenvalue weighted by molar-refractivity contribution is 7.71. The molecule has 114 valence electrons. The number of hydrogen-bond donors (Lipinski definition) is 1. The molecule has 1 N–H and O–H groups in total. The van der Waals surface area contributed by atoms with E-state index in [-0.39, 0.29) is 5.56 Å². The Balaban J connectivity index is 2.40. The van der Waals surface area contributed by atoms with E-state index in [0.29, 0.717) is 28.2 Å². The lowest BCUT2D eigenvalue weighted by Gasteiger charge is -2.12. The lowest BCUT2D eigenvalue weighted by atomic mass is 10.2. The van der Waals surface area contributed by atoms with Crippen molar-refractivity contribution in [2.45, 2.75) is 20.8 Å². The van der Waals surface area contributed by atoms with Crippen molar-refractivity contribution >= 4 is 33.8 Å². The first kappa shape index (κ1) is 15.0. The first-order valence-corrected chi connectivity index (χ1v) is 8.24. The summed E-state index contributed by atoms with van der Waals surface area (Å²) < 4.78 is 7.53. The summed E-state index contributed by atoms with van der Waals surface area (Å²) in [5.74, 6) is 0.649. The average molecular weight is 332 g/mol. The lowest BCUT2D eigenvalue weighted by molar-refractivity contribution is 0.339. The summed E-state index contributed by atoms with van der Waals surface area (Å²) in [5, 5.41) is 0.697. The lowest BCUT2D eigenvalue weighted by Crippen LogP contribution is -2.21. The molecular formula is C16H16N2O2S2. The number of hydrogen-bond acceptors (Lipinski definition) is 4. The second-order valence-corrected chi connectivity index (χ2v) is 6.57. The van der Waals surface area contributed by atoms with Gasteiger partial charge in [0.25, 0.3) is 5.56 Å². The molecule has 2 aromatic heterocycles. The van der Waals surface area contributed by atoms with Crippen LogP contribution in [0.1, 0.15) is 17.4 Å². The predicted molar refractivity (Wildman–Crippen MR) is 93.2 cm³/mol. The normalized spacial score (nSPS) is 11.0. The number of aromatic nitrogens is 2. The van der Waals surface area contributed by atoms with Crippen LogP contribution >= 0.6 is 23.6 Å². The molecule has 4 nitrogen and oxygen atoms in total. The van der Waals surface area contributed by atoms with Gasteiger partial charge in [0.2, 0.25) is 0 Å². The van der Waals surface area contributed by atoms with Gasteiger partial charge in [0.05, 0.1) is 17.7 Å². The van der Waals surface area contributed by atoms with Crippen LogP contribution in [-0.2, 0) is 0 Å². The summed E-state index contributed by atoms with van der Waals surface area (Å²) >= 11 is 6.96. The maximum atomic E-state index is 13.0. The highest BCUT2D eigenvalue weighted by Gasteiger charge is 2.15. The molecule has 0 aliphatic rings. The van der Waals surface area contributed by atoms with Crippen molar-refractivity contribution in [1.29, 1.82) is 0 Å². The van der Waals surface area contributed by atoms with Gasteiger partial charge in [-0.2, -0.15) is 0 Å². The van der Waals surface area contributed by atoms with E-state index in [1.807, 2.05) is 45.0 Å². The molecular weight excluding hydrogens is 316 g/mol. The van der Waals surface area contributed by atoms with Crippen molar-refractivity contribution in [3.05, 3.63) is 49.8 Å². The minimum absolute atomic E-state index is 0.104. The van der Waals surface area contributed by atoms with Crippen LogP contribution in [0.2, 0.25) is 0 Å². The molecule has 0 radical (unpaired) electrons. The standard InChI is InChI=1S/C16H16N2O2S2/c1-4-20-12-8-6-5-7-11(12)18-15(19)13-9(2)10(3)22-14(13)17-16(18)21/h5-8H,4H2,1-3H3,(H,17,21). The Labute approximate surface area is 137 Å². The van der Waals surface area contributed by atoms with Gasteiger partial charge in [-0.1, -0.05) is 12.1 Å². The van der Waals surface area contributed by atoms with E-state index in [2.05, 4.69) is 4.98 Å². The molecule has 0 spiro atoms. The quantitative estimate of drug-likeness (QED) is 0.734. The predicted octanol–water partition coefficient (Wildman–Crippen LogP) is 4.13. The van der Waals surface area contributed by atoms with Gasteiger partial charge in [-0.05, 0) is 50.7 Å². The van der Waals surface area contributed by atoms with Crippen LogP contribution in [0.4, 0.5) is 0 Å². The molecule has 0 saturated heterocycles. The van der Waals surface area contributed by atoms with E-state index in [4.69, 9.17) is 17.0 Å². The molecule has 0 fully saturated rings. The number of aryl methyl sites for hydroxylation is 2. The third-order valence-electron chi connectivity index (χ3n) is 3.63. The van der Waals surface area contributed by atoms with Crippen molar-refractivity contribution in [1.82, 2.24) is 9.55 Å². The second-order valence-electron chi connectivity index (χ2n) is 4.96. The summed E-state index contributed by atoms with van der Waals surface area (Å²) in [5.41, 5.74) is 1.56. The smallest absolute Gasteiger partial charge is 0.268 e. The second kappa shape index (κ2) is 5.70. The molecule has 0 amide bonds. The number of ether oxygens (including phenoxy) is 1. The molecule has 22 heavy (non-hydrogen) atoms. The zero-order chi connectivity index (χ0) is 15.9. The first-order chi connectivity index (χ1) is 10.5. The van der Waals surface area contributed by atoms with Crippen molar-refractivity contribution in [2.75, 3.05) is 6.61 Å². The maximum Gasteiger partial charge on any atom is 0.268 e. The van der Waals surface area contributed by atoms with Gasteiger partial charge < -0.3 is 9.72 Å². The van der Waals surface area contributed by atoms with E-state index < -0.39 is 0 Å². The summed E-state index contributed by atoms with van der Waals surface area (Å²) in [4.78, 5) is 18.1. The monoisotopic (exact) mass is 332 g/mol. The molecule has 2 heterocycles. The number of thiophene rings is 1. The molecule has 0 unspecified atom stereocenters. The van der Waals surface area contributed by atoms with Gasteiger partial charge >= 0.3 is 0 Å². The fraction of sp³-hybridized carbons (Fsp3) is 0.250. The first-order valence-electron chi connectivity index (χ1n) is 7.01. The Morgan fingerprint density at radius 1 is 1.32 bits per heavy atom. The van der Waals surface area contributed by atoms with Gasteiger partial charge in [0, 0.05) is 4.88 Å². The van der Waals surface area contributed by atoms with Crippen LogP contribution in [0.3, 0.4) is 0 Å². The number of nitrogens with one attached hydrogen (secondary N) is 1. The van der Waals surface area contributed by atoms with Gasteiger partial charge in [-0.3, -0.25) is 4.79 Å². The average Bonchev–Trinajstić information content (AvgIpc) is 2.76. The van der Waals surface area contributed by atoms with Crippen molar-refractivity contribution in [3.8, 4) is 11.4 Å². The number of rotatable bonds is 3. The fourth-order valence-corrected chi connectivity index (χ4v) is 3.87.